The first-order chi connectivity index (χ1) is 6.07. The molecule has 0 aromatic heterocycles. The van der Waals surface area contributed by atoms with Gasteiger partial charge in [-0.1, -0.05) is 0 Å². The molecule has 0 rings (SSSR count). The molecular formula is C8H16N2O3. The van der Waals surface area contributed by atoms with E-state index < -0.39 is 12.0 Å². The predicted octanol–water partition coefficient (Wildman–Crippen LogP) is -0.425. The molecule has 0 spiro atoms. The van der Waals surface area contributed by atoms with E-state index in [1.165, 1.54) is 6.92 Å². The molecule has 0 bridgehead atoms. The number of carbonyl (C=O) groups excluding carboxylic acids is 1. The number of carboxylic acid groups (broad SMARTS) is 1. The van der Waals surface area contributed by atoms with Crippen molar-refractivity contribution in [2.75, 3.05) is 13.6 Å². The lowest BCUT2D eigenvalue weighted by Gasteiger charge is -2.08. The van der Waals surface area contributed by atoms with Crippen molar-refractivity contribution in [2.24, 2.45) is 0 Å². The molecule has 5 heteroatoms. The van der Waals surface area contributed by atoms with E-state index in [0.717, 1.165) is 6.54 Å². The molecule has 0 aliphatic heterocycles. The number of nitrogens with one attached hydrogen (secondary N) is 2. The fourth-order valence-electron chi connectivity index (χ4n) is 0.801. The molecule has 1 amide bonds. The lowest BCUT2D eigenvalue weighted by atomic mass is 10.2. The Balaban J connectivity index is 3.56. The lowest BCUT2D eigenvalue weighted by molar-refractivity contribution is -0.141. The molecule has 1 atom stereocenters. The molecule has 0 radical (unpaired) electrons. The normalized spacial score (nSPS) is 12.2. The van der Waals surface area contributed by atoms with Crippen LogP contribution in [0.1, 0.15) is 19.8 Å². The predicted molar refractivity (Wildman–Crippen MR) is 48.4 cm³/mol. The second-order valence-electron chi connectivity index (χ2n) is 2.83. The van der Waals surface area contributed by atoms with Gasteiger partial charge in [0.15, 0.2) is 0 Å². The Bertz CT molecular complexity index is 182. The second kappa shape index (κ2) is 6.42. The van der Waals surface area contributed by atoms with E-state index in [1.54, 1.807) is 7.05 Å². The minimum Gasteiger partial charge on any atom is -0.480 e. The first-order valence-electron chi connectivity index (χ1n) is 4.24. The summed E-state index contributed by atoms with van der Waals surface area (Å²) in [7, 11) is 1.80. The van der Waals surface area contributed by atoms with Crippen LogP contribution < -0.4 is 10.6 Å². The Kier molecular flexibility index (Phi) is 5.88. The molecule has 76 valence electrons. The summed E-state index contributed by atoms with van der Waals surface area (Å²) >= 11 is 0. The van der Waals surface area contributed by atoms with Gasteiger partial charge in [-0.15, -0.1) is 0 Å². The maximum absolute atomic E-state index is 11.0. The summed E-state index contributed by atoms with van der Waals surface area (Å²) in [6.45, 7) is 2.20. The molecule has 3 N–H and O–H groups in total. The van der Waals surface area contributed by atoms with Crippen molar-refractivity contribution < 1.29 is 14.7 Å². The molecule has 0 saturated heterocycles. The SMILES string of the molecule is CNCCCC(=O)N[C@@H](C)C(=O)O. The van der Waals surface area contributed by atoms with Gasteiger partial charge in [-0.05, 0) is 26.9 Å². The third-order valence-electron chi connectivity index (χ3n) is 1.58. The van der Waals surface area contributed by atoms with Crippen LogP contribution in [0.25, 0.3) is 0 Å². The van der Waals surface area contributed by atoms with E-state index in [9.17, 15) is 9.59 Å². The van der Waals surface area contributed by atoms with E-state index >= 15 is 0 Å². The third kappa shape index (κ3) is 6.10. The van der Waals surface area contributed by atoms with Gasteiger partial charge in [-0.3, -0.25) is 9.59 Å². The molecular weight excluding hydrogens is 172 g/mol. The molecule has 5 nitrogen and oxygen atoms in total. The fraction of sp³-hybridized carbons (Fsp3) is 0.750. The van der Waals surface area contributed by atoms with Crippen molar-refractivity contribution in [3.63, 3.8) is 0 Å². The van der Waals surface area contributed by atoms with Gasteiger partial charge in [0, 0.05) is 6.42 Å². The van der Waals surface area contributed by atoms with Crippen LogP contribution in [0.2, 0.25) is 0 Å². The van der Waals surface area contributed by atoms with Crippen molar-refractivity contribution in [3.8, 4) is 0 Å². The zero-order valence-electron chi connectivity index (χ0n) is 7.96. The van der Waals surface area contributed by atoms with Gasteiger partial charge < -0.3 is 15.7 Å². The quantitative estimate of drug-likeness (QED) is 0.494. The number of hydrogen-bond donors (Lipinski definition) is 3. The lowest BCUT2D eigenvalue weighted by Crippen LogP contribution is -2.38. The molecule has 0 aromatic rings. The van der Waals surface area contributed by atoms with Crippen LogP contribution in [0, 0.1) is 0 Å². The summed E-state index contributed by atoms with van der Waals surface area (Å²) in [6, 6.07) is -0.804. The van der Waals surface area contributed by atoms with Gasteiger partial charge in [0.2, 0.25) is 5.91 Å². The topological polar surface area (TPSA) is 78.4 Å². The monoisotopic (exact) mass is 188 g/mol. The molecule has 0 aliphatic rings. The smallest absolute Gasteiger partial charge is 0.325 e. The maximum Gasteiger partial charge on any atom is 0.325 e. The summed E-state index contributed by atoms with van der Waals surface area (Å²) in [4.78, 5) is 21.4. The number of aliphatic carboxylic acids is 1. The average Bonchev–Trinajstić information content (AvgIpc) is 2.04. The summed E-state index contributed by atoms with van der Waals surface area (Å²) < 4.78 is 0. The Labute approximate surface area is 77.5 Å². The maximum atomic E-state index is 11.0. The Hall–Kier alpha value is -1.10. The summed E-state index contributed by atoms with van der Waals surface area (Å²) in [5.74, 6) is -1.23. The van der Waals surface area contributed by atoms with E-state index in [2.05, 4.69) is 10.6 Å². The van der Waals surface area contributed by atoms with E-state index in [-0.39, 0.29) is 5.91 Å². The van der Waals surface area contributed by atoms with Gasteiger partial charge >= 0.3 is 5.97 Å². The first kappa shape index (κ1) is 11.9. The highest BCUT2D eigenvalue weighted by Crippen LogP contribution is 1.89. The third-order valence-corrected chi connectivity index (χ3v) is 1.58. The average molecular weight is 188 g/mol. The number of carboxylic acids is 1. The molecule has 13 heavy (non-hydrogen) atoms. The highest BCUT2D eigenvalue weighted by Gasteiger charge is 2.12. The van der Waals surface area contributed by atoms with Crippen molar-refractivity contribution in [2.45, 2.75) is 25.8 Å². The molecule has 0 fully saturated rings. The molecule has 0 aromatic carbocycles. The molecule has 0 saturated carbocycles. The van der Waals surface area contributed by atoms with Crippen molar-refractivity contribution >= 4 is 11.9 Å². The highest BCUT2D eigenvalue weighted by molar-refractivity contribution is 5.83. The second-order valence-corrected chi connectivity index (χ2v) is 2.83. The molecule has 0 heterocycles. The van der Waals surface area contributed by atoms with Gasteiger partial charge in [0.25, 0.3) is 0 Å². The van der Waals surface area contributed by atoms with Crippen LogP contribution in [-0.4, -0.2) is 36.6 Å². The largest absolute Gasteiger partial charge is 0.480 e. The molecule has 0 aliphatic carbocycles. The van der Waals surface area contributed by atoms with E-state index in [4.69, 9.17) is 5.11 Å². The van der Waals surface area contributed by atoms with Crippen LogP contribution in [0.4, 0.5) is 0 Å². The van der Waals surface area contributed by atoms with Crippen LogP contribution in [0.15, 0.2) is 0 Å². The summed E-state index contributed by atoms with van der Waals surface area (Å²) in [5, 5.41) is 13.8. The minimum absolute atomic E-state index is 0.217. The number of amides is 1. The van der Waals surface area contributed by atoms with Gasteiger partial charge in [0.05, 0.1) is 0 Å². The Morgan fingerprint density at radius 2 is 2.08 bits per heavy atom. The van der Waals surface area contributed by atoms with E-state index in [0.29, 0.717) is 12.8 Å². The number of hydrogen-bond acceptors (Lipinski definition) is 3. The van der Waals surface area contributed by atoms with Crippen LogP contribution in [0.5, 0.6) is 0 Å². The first-order valence-corrected chi connectivity index (χ1v) is 4.24. The van der Waals surface area contributed by atoms with Crippen LogP contribution >= 0.6 is 0 Å². The highest BCUT2D eigenvalue weighted by atomic mass is 16.4. The number of carbonyl (C=O) groups is 2. The van der Waals surface area contributed by atoms with Crippen molar-refractivity contribution in [3.05, 3.63) is 0 Å². The number of rotatable bonds is 6. The van der Waals surface area contributed by atoms with Crippen LogP contribution in [0.3, 0.4) is 0 Å². The standard InChI is InChI=1S/C8H16N2O3/c1-6(8(12)13)10-7(11)4-3-5-9-2/h6,9H,3-5H2,1-2H3,(H,10,11)(H,12,13)/t6-/m0/s1. The zero-order chi connectivity index (χ0) is 10.3. The summed E-state index contributed by atoms with van der Waals surface area (Å²) in [5.41, 5.74) is 0. The van der Waals surface area contributed by atoms with Gasteiger partial charge in [0.1, 0.15) is 6.04 Å². The van der Waals surface area contributed by atoms with Gasteiger partial charge in [-0.25, -0.2) is 0 Å². The van der Waals surface area contributed by atoms with Crippen LogP contribution in [-0.2, 0) is 9.59 Å². The van der Waals surface area contributed by atoms with Gasteiger partial charge in [-0.2, -0.15) is 0 Å². The fourth-order valence-corrected chi connectivity index (χ4v) is 0.801. The minimum atomic E-state index is -1.01. The van der Waals surface area contributed by atoms with Crippen molar-refractivity contribution in [1.82, 2.24) is 10.6 Å². The zero-order valence-corrected chi connectivity index (χ0v) is 7.96. The Morgan fingerprint density at radius 3 is 2.54 bits per heavy atom. The molecule has 0 unspecified atom stereocenters. The Morgan fingerprint density at radius 1 is 1.46 bits per heavy atom. The summed E-state index contributed by atoms with van der Waals surface area (Å²) in [6.07, 6.45) is 1.08. The van der Waals surface area contributed by atoms with E-state index in [1.807, 2.05) is 0 Å². The van der Waals surface area contributed by atoms with Crippen molar-refractivity contribution in [1.29, 1.82) is 0 Å².